The monoisotopic (exact) mass is 536 g/mol. The normalized spacial score (nSPS) is 24.1. The first-order chi connectivity index (χ1) is 16.6. The zero-order valence-corrected chi connectivity index (χ0v) is 21.5. The number of nitrogens with one attached hydrogen (secondary N) is 2. The molecule has 8 nitrogen and oxygen atoms in total. The fourth-order valence-corrected chi connectivity index (χ4v) is 7.20. The second kappa shape index (κ2) is 8.73. The first-order valence-electron chi connectivity index (χ1n) is 11.5. The molecule has 1 aliphatic heterocycles. The van der Waals surface area contributed by atoms with E-state index in [0.717, 1.165) is 12.8 Å². The Morgan fingerprint density at radius 3 is 2.37 bits per heavy atom. The quantitative estimate of drug-likeness (QED) is 0.526. The molecule has 5 rings (SSSR count). The number of carbonyl (C=O) groups excluding carboxylic acids is 2. The summed E-state index contributed by atoms with van der Waals surface area (Å²) >= 11 is 12.2. The van der Waals surface area contributed by atoms with Crippen LogP contribution in [0.2, 0.25) is 10.0 Å². The van der Waals surface area contributed by atoms with Crippen LogP contribution in [0.25, 0.3) is 0 Å². The van der Waals surface area contributed by atoms with Gasteiger partial charge in [0.2, 0.25) is 11.8 Å². The molecule has 2 amide bonds. The van der Waals surface area contributed by atoms with Gasteiger partial charge in [-0.15, -0.1) is 0 Å². The summed E-state index contributed by atoms with van der Waals surface area (Å²) in [5, 5.41) is 5.72. The van der Waals surface area contributed by atoms with Crippen molar-refractivity contribution >= 4 is 44.9 Å². The minimum atomic E-state index is -3.89. The molecule has 0 spiro atoms. The Labute approximate surface area is 214 Å². The Balaban J connectivity index is 1.47. The highest BCUT2D eigenvalue weighted by molar-refractivity contribution is 7.92. The smallest absolute Gasteiger partial charge is 0.244 e. The first-order valence-corrected chi connectivity index (χ1v) is 13.8. The number of amides is 2. The molecule has 3 aliphatic rings. The van der Waals surface area contributed by atoms with Gasteiger partial charge in [-0.25, -0.2) is 8.42 Å². The number of halogens is 2. The van der Waals surface area contributed by atoms with E-state index in [1.54, 1.807) is 31.3 Å². The van der Waals surface area contributed by atoms with Gasteiger partial charge in [0.1, 0.15) is 6.04 Å². The lowest BCUT2D eigenvalue weighted by atomic mass is 9.99. The Hall–Kier alpha value is -2.20. The lowest BCUT2D eigenvalue weighted by Crippen LogP contribution is -2.55. The van der Waals surface area contributed by atoms with Crippen molar-refractivity contribution in [3.8, 4) is 0 Å². The molecule has 1 aromatic heterocycles. The molecule has 2 atom stereocenters. The van der Waals surface area contributed by atoms with Crippen LogP contribution in [0, 0.1) is 0 Å². The molecule has 2 aliphatic carbocycles. The number of pyridine rings is 1. The third kappa shape index (κ3) is 4.33. The highest BCUT2D eigenvalue weighted by Gasteiger charge is 2.58. The highest BCUT2D eigenvalue weighted by atomic mass is 35.5. The molecule has 186 valence electrons. The van der Waals surface area contributed by atoms with Crippen LogP contribution in [0.15, 0.2) is 47.5 Å². The maximum absolute atomic E-state index is 13.9. The standard InChI is InChI=1S/C24H26Cl2N4O4S/c1-27-24(10-11-24)29-21(31)18-12-16(35(33,34)19-5-3-2-4-17(19)26)14-30(18)22(32)23(8-9-23)20-7-6-15(25)13-28-20/h2-7,13,16,18,27H,8-12,14H2,1H3,(H,29,31)/t16-,18+/m1/s1. The van der Waals surface area contributed by atoms with Crippen molar-refractivity contribution in [2.75, 3.05) is 13.6 Å². The Bertz CT molecular complexity index is 1280. The highest BCUT2D eigenvalue weighted by Crippen LogP contribution is 2.50. The third-order valence-electron chi connectivity index (χ3n) is 7.38. The van der Waals surface area contributed by atoms with E-state index in [4.69, 9.17) is 23.2 Å². The van der Waals surface area contributed by atoms with Gasteiger partial charge in [-0.1, -0.05) is 35.3 Å². The average molecular weight is 537 g/mol. The van der Waals surface area contributed by atoms with E-state index in [9.17, 15) is 18.0 Å². The van der Waals surface area contributed by atoms with Gasteiger partial charge in [0.05, 0.1) is 37.0 Å². The van der Waals surface area contributed by atoms with Gasteiger partial charge in [0, 0.05) is 12.7 Å². The van der Waals surface area contributed by atoms with Crippen molar-refractivity contribution in [3.63, 3.8) is 0 Å². The lowest BCUT2D eigenvalue weighted by Gasteiger charge is -2.29. The van der Waals surface area contributed by atoms with E-state index in [1.807, 2.05) is 0 Å². The third-order valence-corrected chi connectivity index (χ3v) is 10.2. The molecule has 35 heavy (non-hydrogen) atoms. The molecule has 0 unspecified atom stereocenters. The Morgan fingerprint density at radius 2 is 1.80 bits per heavy atom. The Morgan fingerprint density at radius 1 is 1.09 bits per heavy atom. The number of rotatable bonds is 7. The summed E-state index contributed by atoms with van der Waals surface area (Å²) in [4.78, 5) is 33.1. The predicted octanol–water partition coefficient (Wildman–Crippen LogP) is 2.69. The van der Waals surface area contributed by atoms with Crippen LogP contribution in [0.1, 0.15) is 37.8 Å². The molecule has 2 aromatic rings. The maximum Gasteiger partial charge on any atom is 0.244 e. The summed E-state index contributed by atoms with van der Waals surface area (Å²) in [6.45, 7) is -0.0909. The van der Waals surface area contributed by atoms with Crippen LogP contribution < -0.4 is 10.6 Å². The van der Waals surface area contributed by atoms with E-state index < -0.39 is 32.2 Å². The van der Waals surface area contributed by atoms with Crippen LogP contribution in [0.5, 0.6) is 0 Å². The average Bonchev–Trinajstić information content (AvgIpc) is 3.76. The molecule has 1 aromatic carbocycles. The van der Waals surface area contributed by atoms with Gasteiger partial charge >= 0.3 is 0 Å². The maximum atomic E-state index is 13.9. The SMILES string of the molecule is CNC1(NC(=O)[C@@H]2C[C@@H](S(=O)(=O)c3ccccc3Cl)CN2C(=O)C2(c3ccc(Cl)cn3)CC2)CC1. The number of sulfone groups is 1. The summed E-state index contributed by atoms with van der Waals surface area (Å²) in [7, 11) is -2.12. The largest absolute Gasteiger partial charge is 0.336 e. The van der Waals surface area contributed by atoms with E-state index in [0.29, 0.717) is 23.6 Å². The fourth-order valence-electron chi connectivity index (χ4n) is 4.87. The van der Waals surface area contributed by atoms with Gasteiger partial charge in [0.15, 0.2) is 9.84 Å². The van der Waals surface area contributed by atoms with Gasteiger partial charge < -0.3 is 10.2 Å². The van der Waals surface area contributed by atoms with Crippen LogP contribution in [-0.2, 0) is 24.8 Å². The molecule has 1 saturated heterocycles. The van der Waals surface area contributed by atoms with E-state index in [-0.39, 0.29) is 34.7 Å². The topological polar surface area (TPSA) is 108 Å². The van der Waals surface area contributed by atoms with Gasteiger partial charge in [0.25, 0.3) is 0 Å². The zero-order chi connectivity index (χ0) is 25.0. The fraction of sp³-hybridized carbons (Fsp3) is 0.458. The predicted molar refractivity (Wildman–Crippen MR) is 132 cm³/mol. The molecule has 2 N–H and O–H groups in total. The number of nitrogens with zero attached hydrogens (tertiary/aromatic N) is 2. The second-order valence-electron chi connectivity index (χ2n) is 9.57. The molecule has 11 heteroatoms. The zero-order valence-electron chi connectivity index (χ0n) is 19.1. The van der Waals surface area contributed by atoms with Crippen molar-refractivity contribution < 1.29 is 18.0 Å². The molecular formula is C24H26Cl2N4O4S. The van der Waals surface area contributed by atoms with Crippen LogP contribution in [-0.4, -0.2) is 60.7 Å². The van der Waals surface area contributed by atoms with Gasteiger partial charge in [-0.2, -0.15) is 0 Å². The van der Waals surface area contributed by atoms with Crippen molar-refractivity contribution in [2.24, 2.45) is 0 Å². The Kier molecular flexibility index (Phi) is 6.11. The number of hydrogen-bond acceptors (Lipinski definition) is 6. The molecule has 2 heterocycles. The second-order valence-corrected chi connectivity index (χ2v) is 12.6. The van der Waals surface area contributed by atoms with Crippen molar-refractivity contribution in [2.45, 2.75) is 59.4 Å². The van der Waals surface area contributed by atoms with Gasteiger partial charge in [-0.3, -0.25) is 19.9 Å². The van der Waals surface area contributed by atoms with Crippen molar-refractivity contribution in [1.82, 2.24) is 20.5 Å². The molecule has 0 radical (unpaired) electrons. The molecule has 2 saturated carbocycles. The molecule has 0 bridgehead atoms. The summed E-state index contributed by atoms with van der Waals surface area (Å²) in [5.74, 6) is -0.638. The summed E-state index contributed by atoms with van der Waals surface area (Å²) < 4.78 is 27.0. The molecule has 3 fully saturated rings. The van der Waals surface area contributed by atoms with Crippen molar-refractivity contribution in [1.29, 1.82) is 0 Å². The lowest BCUT2D eigenvalue weighted by molar-refractivity contribution is -0.141. The van der Waals surface area contributed by atoms with E-state index in [1.165, 1.54) is 23.2 Å². The first kappa shape index (κ1) is 24.5. The van der Waals surface area contributed by atoms with E-state index >= 15 is 0 Å². The summed E-state index contributed by atoms with van der Waals surface area (Å²) in [6, 6.07) is 8.72. The van der Waals surface area contributed by atoms with E-state index in [2.05, 4.69) is 15.6 Å². The number of carbonyl (C=O) groups is 2. The van der Waals surface area contributed by atoms with Gasteiger partial charge in [-0.05, 0) is 63.4 Å². The minimum absolute atomic E-state index is 0.00491. The number of aromatic nitrogens is 1. The van der Waals surface area contributed by atoms with Crippen LogP contribution in [0.3, 0.4) is 0 Å². The molecular weight excluding hydrogens is 511 g/mol. The van der Waals surface area contributed by atoms with Crippen LogP contribution >= 0.6 is 23.2 Å². The number of benzene rings is 1. The summed E-state index contributed by atoms with van der Waals surface area (Å²) in [5.41, 5.74) is -0.787. The summed E-state index contributed by atoms with van der Waals surface area (Å²) in [6.07, 6.45) is 4.19. The van der Waals surface area contributed by atoms with Crippen LogP contribution in [0.4, 0.5) is 0 Å². The number of likely N-dealkylation sites (tertiary alicyclic amines) is 1. The van der Waals surface area contributed by atoms with Crippen molar-refractivity contribution in [3.05, 3.63) is 58.3 Å². The number of hydrogen-bond donors (Lipinski definition) is 2. The minimum Gasteiger partial charge on any atom is -0.336 e.